The van der Waals surface area contributed by atoms with Crippen LogP contribution in [0.2, 0.25) is 0 Å². The van der Waals surface area contributed by atoms with Crippen molar-refractivity contribution >= 4 is 0 Å². The van der Waals surface area contributed by atoms with E-state index < -0.39 is 0 Å². The van der Waals surface area contributed by atoms with Crippen LogP contribution in [0.1, 0.15) is 272 Å². The zero-order valence-electron chi connectivity index (χ0n) is 32.7. The lowest BCUT2D eigenvalue weighted by molar-refractivity contribution is 0.152. The van der Waals surface area contributed by atoms with Gasteiger partial charge in [0.05, 0.1) is 0 Å². The number of unbranched alkanes of at least 4 members (excludes halogenated alkanes) is 28. The Morgan fingerprint density at radius 1 is 0.289 bits per heavy atom. The van der Waals surface area contributed by atoms with Crippen LogP contribution in [0.15, 0.2) is 0 Å². The zero-order valence-corrected chi connectivity index (χ0v) is 32.7. The smallest absolute Gasteiger partial charge is 0.0159 e. The van der Waals surface area contributed by atoms with Crippen molar-refractivity contribution in [3.05, 3.63) is 0 Å². The molecular formula is C44H91N. The maximum Gasteiger partial charge on any atom is 0.0159 e. The average Bonchev–Trinajstić information content (AvgIpc) is 3.02. The first-order chi connectivity index (χ1) is 21.9. The lowest BCUT2D eigenvalue weighted by Gasteiger charge is -2.41. The Balaban J connectivity index is 5.06. The van der Waals surface area contributed by atoms with Crippen LogP contribution in [0.3, 0.4) is 0 Å². The summed E-state index contributed by atoms with van der Waals surface area (Å²) in [6.45, 7) is 12.0. The average molecular weight is 634 g/mol. The fourth-order valence-corrected chi connectivity index (χ4v) is 8.05. The minimum atomic E-state index is 0.0550. The molecule has 1 nitrogen and oxygen atoms in total. The monoisotopic (exact) mass is 634 g/mol. The van der Waals surface area contributed by atoms with Gasteiger partial charge in [-0.05, 0) is 37.5 Å². The molecule has 1 heteroatoms. The lowest BCUT2D eigenvalue weighted by atomic mass is 9.68. The molecule has 0 heterocycles. The Bertz CT molecular complexity index is 465. The first kappa shape index (κ1) is 45.0. The molecule has 2 N–H and O–H groups in total. The molecule has 0 radical (unpaired) electrons. The molecule has 0 aromatic carbocycles. The molecule has 0 aromatic heterocycles. The standard InChI is InChI=1S/C44H91N/c1-6-10-14-18-22-26-30-34-38-43(5,39-35-31-27-23-19-15-11-7-2)42-44(45,40-36-32-28-24-20-16-12-8-3)41-37-33-29-25-21-17-13-9-4/h6-42,45H2,1-5H3. The highest BCUT2D eigenvalue weighted by Gasteiger charge is 2.34. The predicted molar refractivity (Wildman–Crippen MR) is 209 cm³/mol. The van der Waals surface area contributed by atoms with Gasteiger partial charge in [-0.25, -0.2) is 0 Å². The van der Waals surface area contributed by atoms with Gasteiger partial charge >= 0.3 is 0 Å². The first-order valence-corrected chi connectivity index (χ1v) is 21.7. The van der Waals surface area contributed by atoms with E-state index >= 15 is 0 Å². The van der Waals surface area contributed by atoms with Crippen molar-refractivity contribution in [2.45, 2.75) is 278 Å². The Morgan fingerprint density at radius 3 is 0.733 bits per heavy atom. The zero-order chi connectivity index (χ0) is 33.2. The second kappa shape index (κ2) is 33.8. The van der Waals surface area contributed by atoms with Gasteiger partial charge in [0.2, 0.25) is 0 Å². The van der Waals surface area contributed by atoms with Crippen molar-refractivity contribution in [1.82, 2.24) is 0 Å². The van der Waals surface area contributed by atoms with E-state index in [2.05, 4.69) is 34.6 Å². The molecule has 0 saturated heterocycles. The molecule has 0 aromatic rings. The van der Waals surface area contributed by atoms with Crippen LogP contribution < -0.4 is 5.73 Å². The van der Waals surface area contributed by atoms with Crippen LogP contribution in [0.4, 0.5) is 0 Å². The molecule has 0 atom stereocenters. The number of hydrogen-bond donors (Lipinski definition) is 1. The molecule has 0 fully saturated rings. The summed E-state index contributed by atoms with van der Waals surface area (Å²) >= 11 is 0. The summed E-state index contributed by atoms with van der Waals surface area (Å²) in [6.07, 6.45) is 52.0. The summed E-state index contributed by atoms with van der Waals surface area (Å²) in [4.78, 5) is 0. The van der Waals surface area contributed by atoms with Gasteiger partial charge in [0, 0.05) is 5.54 Å². The lowest BCUT2D eigenvalue weighted by Crippen LogP contribution is -2.44. The van der Waals surface area contributed by atoms with E-state index in [9.17, 15) is 0 Å². The van der Waals surface area contributed by atoms with E-state index in [0.29, 0.717) is 5.41 Å². The molecule has 0 aliphatic heterocycles. The Kier molecular flexibility index (Phi) is 33.8. The molecule has 0 saturated carbocycles. The summed E-state index contributed by atoms with van der Waals surface area (Å²) in [6, 6.07) is 0. The Labute approximate surface area is 288 Å². The second-order valence-corrected chi connectivity index (χ2v) is 16.2. The molecule has 0 spiro atoms. The summed E-state index contributed by atoms with van der Waals surface area (Å²) < 4.78 is 0. The minimum absolute atomic E-state index is 0.0550. The Morgan fingerprint density at radius 2 is 0.489 bits per heavy atom. The van der Waals surface area contributed by atoms with Crippen molar-refractivity contribution in [3.63, 3.8) is 0 Å². The van der Waals surface area contributed by atoms with Crippen LogP contribution in [0.5, 0.6) is 0 Å². The molecule has 0 aliphatic rings. The van der Waals surface area contributed by atoms with Crippen LogP contribution in [-0.4, -0.2) is 5.54 Å². The van der Waals surface area contributed by atoms with Crippen molar-refractivity contribution < 1.29 is 0 Å². The highest BCUT2D eigenvalue weighted by Crippen LogP contribution is 2.41. The SMILES string of the molecule is CCCCCCCCCCC(C)(CCCCCCCCCC)CC(N)(CCCCCCCCCC)CCCCCCCCCC. The molecule has 0 amide bonds. The molecule has 0 rings (SSSR count). The van der Waals surface area contributed by atoms with Crippen molar-refractivity contribution in [3.8, 4) is 0 Å². The van der Waals surface area contributed by atoms with E-state index in [1.165, 1.54) is 238 Å². The van der Waals surface area contributed by atoms with E-state index in [-0.39, 0.29) is 5.54 Å². The number of hydrogen-bond acceptors (Lipinski definition) is 1. The summed E-state index contributed by atoms with van der Waals surface area (Å²) in [7, 11) is 0. The minimum Gasteiger partial charge on any atom is -0.325 e. The van der Waals surface area contributed by atoms with Crippen LogP contribution in [0, 0.1) is 5.41 Å². The van der Waals surface area contributed by atoms with Gasteiger partial charge in [0.25, 0.3) is 0 Å². The maximum atomic E-state index is 7.54. The van der Waals surface area contributed by atoms with Crippen molar-refractivity contribution in [1.29, 1.82) is 0 Å². The van der Waals surface area contributed by atoms with Gasteiger partial charge < -0.3 is 5.73 Å². The quantitative estimate of drug-likeness (QED) is 0.0673. The van der Waals surface area contributed by atoms with Crippen LogP contribution >= 0.6 is 0 Å². The molecule has 0 unspecified atom stereocenters. The molecule has 0 bridgehead atoms. The third-order valence-corrected chi connectivity index (χ3v) is 11.1. The fourth-order valence-electron chi connectivity index (χ4n) is 8.05. The maximum absolute atomic E-state index is 7.54. The van der Waals surface area contributed by atoms with Gasteiger partial charge in [-0.1, -0.05) is 240 Å². The number of rotatable bonds is 38. The summed E-state index contributed by atoms with van der Waals surface area (Å²) in [5.41, 5.74) is 8.03. The van der Waals surface area contributed by atoms with Gasteiger partial charge in [-0.2, -0.15) is 0 Å². The first-order valence-electron chi connectivity index (χ1n) is 21.7. The fraction of sp³-hybridized carbons (Fsp3) is 1.00. The largest absolute Gasteiger partial charge is 0.325 e. The summed E-state index contributed by atoms with van der Waals surface area (Å²) in [5, 5.41) is 0. The van der Waals surface area contributed by atoms with E-state index in [0.717, 1.165) is 0 Å². The predicted octanol–water partition coefficient (Wildman–Crippen LogP) is 16.2. The highest BCUT2D eigenvalue weighted by atomic mass is 14.7. The molecular weight excluding hydrogens is 542 g/mol. The van der Waals surface area contributed by atoms with Crippen molar-refractivity contribution in [2.75, 3.05) is 0 Å². The number of nitrogens with two attached hydrogens (primary N) is 1. The third-order valence-electron chi connectivity index (χ3n) is 11.1. The molecule has 0 aliphatic carbocycles. The molecule has 272 valence electrons. The van der Waals surface area contributed by atoms with Gasteiger partial charge in [-0.15, -0.1) is 0 Å². The third kappa shape index (κ3) is 31.0. The van der Waals surface area contributed by atoms with E-state index in [4.69, 9.17) is 5.73 Å². The van der Waals surface area contributed by atoms with Gasteiger partial charge in [0.1, 0.15) is 0 Å². The van der Waals surface area contributed by atoms with Crippen molar-refractivity contribution in [2.24, 2.45) is 11.1 Å². The highest BCUT2D eigenvalue weighted by molar-refractivity contribution is 4.92. The molecule has 45 heavy (non-hydrogen) atoms. The van der Waals surface area contributed by atoms with Crippen LogP contribution in [-0.2, 0) is 0 Å². The van der Waals surface area contributed by atoms with Gasteiger partial charge in [-0.3, -0.25) is 0 Å². The normalized spacial score (nSPS) is 12.4. The second-order valence-electron chi connectivity index (χ2n) is 16.2. The Hall–Kier alpha value is -0.0400. The van der Waals surface area contributed by atoms with E-state index in [1.807, 2.05) is 0 Å². The topological polar surface area (TPSA) is 26.0 Å². The summed E-state index contributed by atoms with van der Waals surface area (Å²) in [5.74, 6) is 0. The van der Waals surface area contributed by atoms with E-state index in [1.54, 1.807) is 0 Å². The van der Waals surface area contributed by atoms with Gasteiger partial charge in [0.15, 0.2) is 0 Å². The van der Waals surface area contributed by atoms with Crippen LogP contribution in [0.25, 0.3) is 0 Å².